The number of H-pyrrole nitrogens is 1. The van der Waals surface area contributed by atoms with Crippen LogP contribution in [0.15, 0.2) is 39.9 Å². The summed E-state index contributed by atoms with van der Waals surface area (Å²) in [7, 11) is 0. The van der Waals surface area contributed by atoms with Gasteiger partial charge >= 0.3 is 11.1 Å². The van der Waals surface area contributed by atoms with Gasteiger partial charge in [0.15, 0.2) is 0 Å². The lowest BCUT2D eigenvalue weighted by molar-refractivity contribution is -0.117. The number of halogens is 2. The van der Waals surface area contributed by atoms with Crippen molar-refractivity contribution in [2.75, 3.05) is 16.8 Å². The van der Waals surface area contributed by atoms with Crippen molar-refractivity contribution in [1.29, 1.82) is 0 Å². The molecule has 144 valence electrons. The molecular weight excluding hydrogens is 403 g/mol. The van der Waals surface area contributed by atoms with Gasteiger partial charge in [-0.2, -0.15) is 0 Å². The predicted molar refractivity (Wildman–Crippen MR) is 111 cm³/mol. The van der Waals surface area contributed by atoms with Crippen LogP contribution in [0.5, 0.6) is 0 Å². The highest BCUT2D eigenvalue weighted by Gasteiger charge is 2.32. The smallest absolute Gasteiger partial charge is 0.318 e. The van der Waals surface area contributed by atoms with Gasteiger partial charge in [-0.3, -0.25) is 23.9 Å². The average molecular weight is 419 g/mol. The number of amides is 1. The first kappa shape index (κ1) is 18.6. The lowest BCUT2D eigenvalue weighted by Gasteiger charge is -2.37. The molecule has 1 amide bonds. The maximum Gasteiger partial charge on any atom is 0.318 e. The second kappa shape index (κ2) is 6.68. The molecule has 2 aromatic carbocycles. The molecule has 0 saturated heterocycles. The molecule has 9 heteroatoms. The molecule has 0 spiro atoms. The fourth-order valence-electron chi connectivity index (χ4n) is 3.55. The van der Waals surface area contributed by atoms with Gasteiger partial charge in [-0.15, -0.1) is 0 Å². The topological polar surface area (TPSA) is 87.2 Å². The number of nitrogens with one attached hydrogen (secondary N) is 2. The fourth-order valence-corrected chi connectivity index (χ4v) is 3.97. The molecule has 0 saturated carbocycles. The van der Waals surface area contributed by atoms with Crippen LogP contribution >= 0.6 is 23.2 Å². The number of aromatic amines is 1. The Bertz CT molecular complexity index is 1230. The molecule has 3 aromatic rings. The number of carbonyl (C=O) groups is 1. The lowest BCUT2D eigenvalue weighted by Crippen LogP contribution is -2.50. The minimum absolute atomic E-state index is 0.180. The van der Waals surface area contributed by atoms with E-state index in [4.69, 9.17) is 23.2 Å². The van der Waals surface area contributed by atoms with E-state index in [1.54, 1.807) is 12.1 Å². The van der Waals surface area contributed by atoms with Crippen LogP contribution in [0.2, 0.25) is 10.0 Å². The number of carbonyl (C=O) groups excluding carboxylic acids is 1. The van der Waals surface area contributed by atoms with E-state index in [0.717, 1.165) is 5.56 Å². The highest BCUT2D eigenvalue weighted by atomic mass is 35.5. The van der Waals surface area contributed by atoms with Crippen molar-refractivity contribution >= 4 is 51.5 Å². The first-order valence-electron chi connectivity index (χ1n) is 8.56. The number of rotatable bonds is 2. The van der Waals surface area contributed by atoms with E-state index in [1.807, 2.05) is 19.1 Å². The van der Waals surface area contributed by atoms with Crippen LogP contribution in [0.25, 0.3) is 11.0 Å². The van der Waals surface area contributed by atoms with E-state index in [0.29, 0.717) is 22.4 Å². The molecule has 1 aliphatic heterocycles. The largest absolute Gasteiger partial charge is 0.378 e. The third-order valence-electron chi connectivity index (χ3n) is 4.80. The maximum absolute atomic E-state index is 12.8. The number of hydrogen-bond acceptors (Lipinski definition) is 4. The molecule has 4 rings (SSSR count). The summed E-state index contributed by atoms with van der Waals surface area (Å²) in [6.07, 6.45) is -0.748. The fraction of sp³-hybridized carbons (Fsp3) is 0.211. The zero-order chi connectivity index (χ0) is 20.2. The molecule has 0 fully saturated rings. The number of benzene rings is 2. The van der Waals surface area contributed by atoms with Gasteiger partial charge < -0.3 is 10.3 Å². The third kappa shape index (κ3) is 2.78. The summed E-state index contributed by atoms with van der Waals surface area (Å²) in [4.78, 5) is 41.6. The molecule has 0 bridgehead atoms. The molecule has 0 aliphatic carbocycles. The molecule has 1 unspecified atom stereocenters. The predicted octanol–water partition coefficient (Wildman–Crippen LogP) is 3.28. The third-order valence-corrected chi connectivity index (χ3v) is 5.59. The minimum Gasteiger partial charge on any atom is -0.378 e. The lowest BCUT2D eigenvalue weighted by atomic mass is 10.1. The Kier molecular flexibility index (Phi) is 4.44. The highest BCUT2D eigenvalue weighted by molar-refractivity contribution is 6.45. The van der Waals surface area contributed by atoms with E-state index in [9.17, 15) is 14.4 Å². The monoisotopic (exact) mass is 418 g/mol. The quantitative estimate of drug-likeness (QED) is 0.625. The molecule has 7 nitrogen and oxygen atoms in total. The van der Waals surface area contributed by atoms with Crippen molar-refractivity contribution in [1.82, 2.24) is 9.55 Å². The van der Waals surface area contributed by atoms with Crippen LogP contribution in [0.4, 0.5) is 11.4 Å². The molecule has 1 atom stereocenters. The van der Waals surface area contributed by atoms with Crippen LogP contribution in [0.1, 0.15) is 18.7 Å². The van der Waals surface area contributed by atoms with Crippen molar-refractivity contribution in [2.45, 2.75) is 20.0 Å². The number of anilines is 2. The van der Waals surface area contributed by atoms with Gasteiger partial charge in [0.25, 0.3) is 0 Å². The Morgan fingerprint density at radius 1 is 1.21 bits per heavy atom. The molecule has 28 heavy (non-hydrogen) atoms. The van der Waals surface area contributed by atoms with E-state index in [2.05, 4.69) is 10.3 Å². The summed E-state index contributed by atoms with van der Waals surface area (Å²) in [6.45, 7) is 3.54. The number of hydrogen-bond donors (Lipinski definition) is 2. The number of aryl methyl sites for hydroxylation is 1. The SMILES string of the molecule is CC(=O)N(c1ccc(C)cc1)C1CNc2c(Cl)c(Cl)cc3[nH]c(=O)c(=O)n1c23. The van der Waals surface area contributed by atoms with Gasteiger partial charge in [-0.25, -0.2) is 0 Å². The van der Waals surface area contributed by atoms with Crippen LogP contribution in [-0.4, -0.2) is 22.0 Å². The van der Waals surface area contributed by atoms with Crippen molar-refractivity contribution in [3.05, 3.63) is 66.6 Å². The summed E-state index contributed by atoms with van der Waals surface area (Å²) >= 11 is 12.5. The van der Waals surface area contributed by atoms with Gasteiger partial charge in [-0.1, -0.05) is 40.9 Å². The Hall–Kier alpha value is -2.77. The van der Waals surface area contributed by atoms with Gasteiger partial charge in [0.1, 0.15) is 6.17 Å². The van der Waals surface area contributed by atoms with Crippen LogP contribution in [-0.2, 0) is 4.79 Å². The molecule has 2 heterocycles. The molecular formula is C19H16Cl2N4O3. The summed E-state index contributed by atoms with van der Waals surface area (Å²) in [5, 5.41) is 3.65. The minimum atomic E-state index is -0.795. The number of nitrogens with zero attached hydrogens (tertiary/aromatic N) is 2. The van der Waals surface area contributed by atoms with Crippen molar-refractivity contribution in [2.24, 2.45) is 0 Å². The highest BCUT2D eigenvalue weighted by Crippen LogP contribution is 2.40. The molecule has 2 N–H and O–H groups in total. The zero-order valence-electron chi connectivity index (χ0n) is 15.0. The summed E-state index contributed by atoms with van der Waals surface area (Å²) in [5.41, 5.74) is 1.30. The van der Waals surface area contributed by atoms with E-state index in [-0.39, 0.29) is 22.5 Å². The molecule has 0 radical (unpaired) electrons. The second-order valence-corrected chi connectivity index (χ2v) is 7.44. The summed E-state index contributed by atoms with van der Waals surface area (Å²) < 4.78 is 1.31. The molecule has 1 aliphatic rings. The van der Waals surface area contributed by atoms with E-state index < -0.39 is 17.3 Å². The Morgan fingerprint density at radius 2 is 1.89 bits per heavy atom. The maximum atomic E-state index is 12.8. The van der Waals surface area contributed by atoms with Gasteiger partial charge in [0.05, 0.1) is 33.3 Å². The van der Waals surface area contributed by atoms with E-state index >= 15 is 0 Å². The van der Waals surface area contributed by atoms with Gasteiger partial charge in [-0.05, 0) is 25.1 Å². The summed E-state index contributed by atoms with van der Waals surface area (Å²) in [6, 6.07) is 8.85. The van der Waals surface area contributed by atoms with E-state index in [1.165, 1.54) is 22.5 Å². The first-order chi connectivity index (χ1) is 13.3. The van der Waals surface area contributed by atoms with Gasteiger partial charge in [0.2, 0.25) is 5.91 Å². The Balaban J connectivity index is 2.03. The second-order valence-electron chi connectivity index (χ2n) is 6.66. The average Bonchev–Trinajstić information content (AvgIpc) is 2.65. The summed E-state index contributed by atoms with van der Waals surface area (Å²) in [5.74, 6) is -0.264. The van der Waals surface area contributed by atoms with Crippen molar-refractivity contribution < 1.29 is 4.79 Å². The van der Waals surface area contributed by atoms with Crippen LogP contribution in [0.3, 0.4) is 0 Å². The number of aromatic nitrogens is 2. The zero-order valence-corrected chi connectivity index (χ0v) is 16.6. The standard InChI is InChI=1S/C19H16Cl2N4O3/c1-9-3-5-11(6-4-9)24(10(2)26)14-8-22-16-15(21)12(20)7-13-17(16)25(14)19(28)18(27)23-13/h3-7,14,22H,8H2,1-2H3,(H,23,27). The first-order valence-corrected chi connectivity index (χ1v) is 9.32. The Labute approximate surface area is 169 Å². The van der Waals surface area contributed by atoms with Crippen LogP contribution < -0.4 is 21.3 Å². The van der Waals surface area contributed by atoms with Crippen molar-refractivity contribution in [3.8, 4) is 0 Å². The van der Waals surface area contributed by atoms with Crippen LogP contribution in [0, 0.1) is 6.92 Å². The normalized spacial score (nSPS) is 15.4. The van der Waals surface area contributed by atoms with Crippen molar-refractivity contribution in [3.63, 3.8) is 0 Å². The molecule has 1 aromatic heterocycles. The van der Waals surface area contributed by atoms with Gasteiger partial charge in [0, 0.05) is 12.6 Å². The Morgan fingerprint density at radius 3 is 2.54 bits per heavy atom.